The van der Waals surface area contributed by atoms with Crippen molar-refractivity contribution in [2.75, 3.05) is 39.4 Å². The van der Waals surface area contributed by atoms with Crippen LogP contribution in [0.15, 0.2) is 19.4 Å². The van der Waals surface area contributed by atoms with Gasteiger partial charge in [-0.15, -0.1) is 10.2 Å². The van der Waals surface area contributed by atoms with Crippen LogP contribution in [-0.4, -0.2) is 119 Å². The van der Waals surface area contributed by atoms with Gasteiger partial charge in [-0.2, -0.15) is 14.3 Å². The summed E-state index contributed by atoms with van der Waals surface area (Å²) in [6.45, 7) is 25.5. The third-order valence-corrected chi connectivity index (χ3v) is 14.9. The van der Waals surface area contributed by atoms with E-state index in [1.165, 1.54) is 15.0 Å². The minimum Gasteiger partial charge on any atom is -0.390 e. The number of halogens is 3. The average molecular weight is 956 g/mol. The van der Waals surface area contributed by atoms with Crippen molar-refractivity contribution in [1.82, 2.24) is 39.2 Å². The van der Waals surface area contributed by atoms with Gasteiger partial charge >= 0.3 is 0 Å². The first-order chi connectivity index (χ1) is 22.8. The number of ether oxygens (including phenoxy) is 2. The van der Waals surface area contributed by atoms with Crippen LogP contribution in [0.5, 0.6) is 0 Å². The molecule has 0 unspecified atom stereocenters. The maximum Gasteiger partial charge on any atom is 0.278 e. The van der Waals surface area contributed by atoms with Crippen LogP contribution in [0, 0.1) is 11.8 Å². The molecular formula is C30H59Br3N8O6SSi2. The third-order valence-electron chi connectivity index (χ3n) is 8.41. The fourth-order valence-electron chi connectivity index (χ4n) is 4.91. The summed E-state index contributed by atoms with van der Waals surface area (Å²) in [5.41, 5.74) is -1.40. The molecule has 0 radical (unpaired) electrons. The summed E-state index contributed by atoms with van der Waals surface area (Å²) in [4.78, 5) is 8.10. The highest BCUT2D eigenvalue weighted by atomic mass is 79.9. The van der Waals surface area contributed by atoms with Gasteiger partial charge in [0.1, 0.15) is 13.5 Å². The Hall–Kier alpha value is -0.136. The first-order valence-electron chi connectivity index (χ1n) is 17.0. The van der Waals surface area contributed by atoms with Crippen molar-refractivity contribution in [2.45, 2.75) is 122 Å². The Kier molecular flexibility index (Phi) is 17.9. The summed E-state index contributed by atoms with van der Waals surface area (Å²) in [6.07, 6.45) is 1.73. The molecule has 2 atom stereocenters. The smallest absolute Gasteiger partial charge is 0.278 e. The van der Waals surface area contributed by atoms with E-state index in [1.807, 2.05) is 13.8 Å². The Morgan fingerprint density at radius 3 is 1.72 bits per heavy atom. The highest BCUT2D eigenvalue weighted by Crippen LogP contribution is 2.31. The highest BCUT2D eigenvalue weighted by molar-refractivity contribution is 9.11. The second-order valence-electron chi connectivity index (χ2n) is 16.4. The number of rotatable bonds is 14. The van der Waals surface area contributed by atoms with Gasteiger partial charge < -0.3 is 25.0 Å². The molecular weight excluding hydrogens is 896 g/mol. The molecule has 0 aromatic carbocycles. The van der Waals surface area contributed by atoms with E-state index in [0.717, 1.165) is 32.2 Å². The molecule has 2 aliphatic rings. The summed E-state index contributed by atoms with van der Waals surface area (Å²) in [6, 6.07) is 2.16. The number of aromatic nitrogens is 6. The van der Waals surface area contributed by atoms with Crippen molar-refractivity contribution in [3.8, 4) is 0 Å². The Morgan fingerprint density at radius 1 is 0.820 bits per heavy atom. The van der Waals surface area contributed by atoms with Crippen molar-refractivity contribution in [1.29, 1.82) is 0 Å². The largest absolute Gasteiger partial charge is 0.390 e. The molecule has 0 spiro atoms. The summed E-state index contributed by atoms with van der Waals surface area (Å²) in [7, 11) is -6.01. The van der Waals surface area contributed by atoms with Crippen LogP contribution in [-0.2, 0) is 33.0 Å². The Labute approximate surface area is 326 Å². The summed E-state index contributed by atoms with van der Waals surface area (Å²) in [5.74, 6) is 0.350. The predicted molar refractivity (Wildman–Crippen MR) is 212 cm³/mol. The van der Waals surface area contributed by atoms with Crippen LogP contribution in [0.3, 0.4) is 0 Å². The van der Waals surface area contributed by atoms with Crippen molar-refractivity contribution in [3.05, 3.63) is 14.2 Å². The monoisotopic (exact) mass is 952 g/mol. The number of aliphatic hydroxyl groups is 2. The van der Waals surface area contributed by atoms with Gasteiger partial charge in [0.25, 0.3) is 15.2 Å². The quantitative estimate of drug-likeness (QED) is 0.159. The number of sulfonamides is 1. The second kappa shape index (κ2) is 19.5. The zero-order chi connectivity index (χ0) is 38.1. The number of hydrogen-bond donors (Lipinski definition) is 3. The molecule has 20 heteroatoms. The first-order valence-corrected chi connectivity index (χ1v) is 28.2. The van der Waals surface area contributed by atoms with E-state index in [0.29, 0.717) is 41.7 Å². The van der Waals surface area contributed by atoms with Crippen LogP contribution >= 0.6 is 47.8 Å². The fourth-order valence-corrected chi connectivity index (χ4v) is 9.36. The predicted octanol–water partition coefficient (Wildman–Crippen LogP) is 5.62. The van der Waals surface area contributed by atoms with E-state index in [-0.39, 0.29) is 29.1 Å². The SMILES string of the molecule is CC(C)(O)[C@H]1CCN(S(=O)(=O)c2nc(Br)nn2COCC[Si](C)(C)C)C1.CC(C)(O)[C@H]1CCNC1.C[Si](C)(C)CCOCn1nc(Br)nc1Br. The van der Waals surface area contributed by atoms with Crippen LogP contribution in [0.4, 0.5) is 0 Å². The zero-order valence-electron chi connectivity index (χ0n) is 31.3. The van der Waals surface area contributed by atoms with Crippen molar-refractivity contribution < 1.29 is 28.1 Å². The van der Waals surface area contributed by atoms with Gasteiger partial charge in [-0.25, -0.2) is 17.8 Å². The third kappa shape index (κ3) is 16.5. The topological polar surface area (TPSA) is 170 Å². The average Bonchev–Trinajstić information content (AvgIpc) is 3.76. The van der Waals surface area contributed by atoms with Gasteiger partial charge in [0.2, 0.25) is 9.47 Å². The Morgan fingerprint density at radius 2 is 1.32 bits per heavy atom. The lowest BCUT2D eigenvalue weighted by atomic mass is 9.91. The number of nitrogens with zero attached hydrogens (tertiary/aromatic N) is 7. The van der Waals surface area contributed by atoms with Crippen LogP contribution in [0.2, 0.25) is 51.4 Å². The van der Waals surface area contributed by atoms with Gasteiger partial charge in [-0.05, 0) is 107 Å². The summed E-state index contributed by atoms with van der Waals surface area (Å²) < 4.78 is 42.9. The second-order valence-corrected chi connectivity index (χ2v) is 31.6. The molecule has 4 heterocycles. The lowest BCUT2D eigenvalue weighted by molar-refractivity contribution is 0.0235. The summed E-state index contributed by atoms with van der Waals surface area (Å²) >= 11 is 9.65. The van der Waals surface area contributed by atoms with Crippen LogP contribution in [0.1, 0.15) is 40.5 Å². The molecule has 2 aliphatic heterocycles. The van der Waals surface area contributed by atoms with E-state index < -0.39 is 37.4 Å². The molecule has 0 aliphatic carbocycles. The van der Waals surface area contributed by atoms with Gasteiger partial charge in [0, 0.05) is 60.8 Å². The maximum absolute atomic E-state index is 13.0. The molecule has 2 saturated heterocycles. The minimum atomic E-state index is -3.80. The van der Waals surface area contributed by atoms with Gasteiger partial charge in [0.15, 0.2) is 4.73 Å². The molecule has 50 heavy (non-hydrogen) atoms. The van der Waals surface area contributed by atoms with Crippen molar-refractivity contribution >= 4 is 74.0 Å². The molecule has 14 nitrogen and oxygen atoms in total. The van der Waals surface area contributed by atoms with Crippen LogP contribution < -0.4 is 5.32 Å². The number of nitrogens with one attached hydrogen (secondary N) is 1. The molecule has 0 saturated carbocycles. The maximum atomic E-state index is 13.0. The highest BCUT2D eigenvalue weighted by Gasteiger charge is 2.41. The lowest BCUT2D eigenvalue weighted by Gasteiger charge is -2.25. The fraction of sp³-hybridized carbons (Fsp3) is 0.867. The lowest BCUT2D eigenvalue weighted by Crippen LogP contribution is -2.36. The van der Waals surface area contributed by atoms with E-state index in [2.05, 4.69) is 113 Å². The van der Waals surface area contributed by atoms with E-state index in [4.69, 9.17) is 9.47 Å². The normalized spacial score (nSPS) is 19.3. The van der Waals surface area contributed by atoms with Crippen molar-refractivity contribution in [3.63, 3.8) is 0 Å². The summed E-state index contributed by atoms with van der Waals surface area (Å²) in [5, 5.41) is 30.9. The molecule has 290 valence electrons. The molecule has 4 rings (SSSR count). The minimum absolute atomic E-state index is 0.0421. The van der Waals surface area contributed by atoms with Crippen LogP contribution in [0.25, 0.3) is 0 Å². The van der Waals surface area contributed by atoms with Gasteiger partial charge in [-0.1, -0.05) is 39.3 Å². The van der Waals surface area contributed by atoms with Gasteiger partial charge in [0.05, 0.1) is 11.2 Å². The van der Waals surface area contributed by atoms with E-state index in [9.17, 15) is 18.6 Å². The molecule has 0 bridgehead atoms. The van der Waals surface area contributed by atoms with E-state index in [1.54, 1.807) is 18.5 Å². The Bertz CT molecular complexity index is 1430. The number of hydrogen-bond acceptors (Lipinski definition) is 11. The van der Waals surface area contributed by atoms with Crippen molar-refractivity contribution in [2.24, 2.45) is 11.8 Å². The molecule has 3 N–H and O–H groups in total. The standard InChI is InChI=1S/C15H29BrN4O4SSi.C8H15Br2N3OSi.C7H15NO/c1-15(2,21)12-6-7-19(10-12)25(22,23)14-17-13(16)18-20(14)11-24-8-9-26(3,4)5;1-15(2,3)5-4-14-6-13-8(10)11-7(9)12-13;1-7(2,9)6-3-4-8-5-6/h12,21H,6-11H2,1-5H3;4-6H2,1-3H3;6,8-9H,3-5H2,1-2H3/t12-;;6-/m0.0/s1. The van der Waals surface area contributed by atoms with Gasteiger partial charge in [-0.3, -0.25) is 0 Å². The molecule has 2 fully saturated rings. The van der Waals surface area contributed by atoms with E-state index >= 15 is 0 Å². The molecule has 2 aromatic heterocycles. The molecule has 2 aromatic rings. The zero-order valence-corrected chi connectivity index (χ0v) is 38.9. The first kappa shape index (κ1) is 46.0. The Balaban J connectivity index is 0.000000301. The molecule has 0 amide bonds.